The maximum Gasteiger partial charge on any atom is 0.0759 e. The van der Waals surface area contributed by atoms with E-state index < -0.39 is 0 Å². The summed E-state index contributed by atoms with van der Waals surface area (Å²) < 4.78 is 1.18. The van der Waals surface area contributed by atoms with E-state index in [1.807, 2.05) is 6.20 Å². The summed E-state index contributed by atoms with van der Waals surface area (Å²) in [7, 11) is 0. The molecule has 0 radical (unpaired) electrons. The first-order chi connectivity index (χ1) is 8.31. The van der Waals surface area contributed by atoms with Crippen LogP contribution in [0.3, 0.4) is 0 Å². The molecule has 2 rings (SSSR count). The topological polar surface area (TPSA) is 37.8 Å². The number of hydrogen-bond donors (Lipinski definition) is 1. The smallest absolute Gasteiger partial charge is 0.0759 e. The van der Waals surface area contributed by atoms with Gasteiger partial charge in [0, 0.05) is 34.4 Å². The first kappa shape index (κ1) is 12.7. The molecule has 1 N–H and O–H groups in total. The molecule has 0 aromatic carbocycles. The summed E-state index contributed by atoms with van der Waals surface area (Å²) in [6.07, 6.45) is 6.20. The van der Waals surface area contributed by atoms with E-state index in [4.69, 9.17) is 0 Å². The van der Waals surface area contributed by atoms with Gasteiger partial charge in [-0.1, -0.05) is 6.92 Å². The highest BCUT2D eigenvalue weighted by atomic mass is 79.9. The van der Waals surface area contributed by atoms with E-state index in [1.54, 1.807) is 23.7 Å². The zero-order chi connectivity index (χ0) is 12.1. The van der Waals surface area contributed by atoms with Gasteiger partial charge in [0.05, 0.1) is 11.7 Å². The molecule has 5 heteroatoms. The van der Waals surface area contributed by atoms with E-state index in [2.05, 4.69) is 49.6 Å². The van der Waals surface area contributed by atoms with Gasteiger partial charge in [0.1, 0.15) is 0 Å². The summed E-state index contributed by atoms with van der Waals surface area (Å²) in [5.41, 5.74) is 0.995. The van der Waals surface area contributed by atoms with Gasteiger partial charge in [-0.05, 0) is 33.9 Å². The summed E-state index contributed by atoms with van der Waals surface area (Å²) in [4.78, 5) is 9.84. The SMILES string of the molecule is CCNC(Cc1sccc1Br)c1cnccn1. The molecular formula is C12H14BrN3S. The Balaban J connectivity index is 2.16. The molecule has 0 spiro atoms. The lowest BCUT2D eigenvalue weighted by Gasteiger charge is -2.16. The third-order valence-electron chi connectivity index (χ3n) is 2.47. The Bertz CT molecular complexity index is 458. The Morgan fingerprint density at radius 2 is 2.35 bits per heavy atom. The van der Waals surface area contributed by atoms with Gasteiger partial charge in [0.2, 0.25) is 0 Å². The molecular weight excluding hydrogens is 298 g/mol. The molecule has 90 valence electrons. The second-order valence-corrected chi connectivity index (χ2v) is 5.49. The number of aromatic nitrogens is 2. The van der Waals surface area contributed by atoms with E-state index in [-0.39, 0.29) is 6.04 Å². The van der Waals surface area contributed by atoms with E-state index >= 15 is 0 Å². The van der Waals surface area contributed by atoms with Crippen LogP contribution in [0.1, 0.15) is 23.5 Å². The normalized spacial score (nSPS) is 12.6. The van der Waals surface area contributed by atoms with E-state index in [0.29, 0.717) is 0 Å². The molecule has 2 aromatic rings. The monoisotopic (exact) mass is 311 g/mol. The van der Waals surface area contributed by atoms with Crippen LogP contribution >= 0.6 is 27.3 Å². The molecule has 0 aliphatic heterocycles. The van der Waals surface area contributed by atoms with Crippen molar-refractivity contribution in [2.75, 3.05) is 6.54 Å². The van der Waals surface area contributed by atoms with Crippen LogP contribution in [0.2, 0.25) is 0 Å². The molecule has 0 aliphatic rings. The number of thiophene rings is 1. The molecule has 0 saturated carbocycles. The van der Waals surface area contributed by atoms with Gasteiger partial charge < -0.3 is 5.32 Å². The summed E-state index contributed by atoms with van der Waals surface area (Å²) in [5.74, 6) is 0. The molecule has 0 aliphatic carbocycles. The van der Waals surface area contributed by atoms with Crippen molar-refractivity contribution < 1.29 is 0 Å². The average Bonchev–Trinajstić information content (AvgIpc) is 2.76. The minimum absolute atomic E-state index is 0.226. The number of halogens is 1. The van der Waals surface area contributed by atoms with Gasteiger partial charge >= 0.3 is 0 Å². The third kappa shape index (κ3) is 3.34. The molecule has 1 atom stereocenters. The first-order valence-electron chi connectivity index (χ1n) is 5.52. The number of nitrogens with zero attached hydrogens (tertiary/aromatic N) is 2. The van der Waals surface area contributed by atoms with Crippen molar-refractivity contribution in [2.24, 2.45) is 0 Å². The van der Waals surface area contributed by atoms with Crippen molar-refractivity contribution in [3.05, 3.63) is 45.1 Å². The number of hydrogen-bond acceptors (Lipinski definition) is 4. The predicted molar refractivity (Wildman–Crippen MR) is 74.2 cm³/mol. The maximum atomic E-state index is 4.37. The van der Waals surface area contributed by atoms with Crippen molar-refractivity contribution in [1.29, 1.82) is 0 Å². The Hall–Kier alpha value is -0.780. The fourth-order valence-corrected chi connectivity index (χ4v) is 3.24. The molecule has 0 bridgehead atoms. The van der Waals surface area contributed by atoms with Crippen molar-refractivity contribution in [2.45, 2.75) is 19.4 Å². The van der Waals surface area contributed by atoms with Crippen molar-refractivity contribution in [3.63, 3.8) is 0 Å². The van der Waals surface area contributed by atoms with E-state index in [0.717, 1.165) is 18.7 Å². The zero-order valence-electron chi connectivity index (χ0n) is 9.56. The van der Waals surface area contributed by atoms with E-state index in [1.165, 1.54) is 9.35 Å². The lowest BCUT2D eigenvalue weighted by Crippen LogP contribution is -2.23. The quantitative estimate of drug-likeness (QED) is 0.921. The lowest BCUT2D eigenvalue weighted by atomic mass is 10.1. The molecule has 0 fully saturated rings. The number of rotatable bonds is 5. The highest BCUT2D eigenvalue weighted by molar-refractivity contribution is 9.10. The minimum Gasteiger partial charge on any atom is -0.309 e. The summed E-state index contributed by atoms with van der Waals surface area (Å²) in [6, 6.07) is 2.31. The average molecular weight is 312 g/mol. The van der Waals surface area contributed by atoms with Crippen LogP contribution in [0.25, 0.3) is 0 Å². The minimum atomic E-state index is 0.226. The van der Waals surface area contributed by atoms with Gasteiger partial charge in [-0.2, -0.15) is 0 Å². The van der Waals surface area contributed by atoms with Crippen LogP contribution < -0.4 is 5.32 Å². The fraction of sp³-hybridized carbons (Fsp3) is 0.333. The van der Waals surface area contributed by atoms with Crippen LogP contribution in [0.5, 0.6) is 0 Å². The molecule has 1 unspecified atom stereocenters. The summed E-state index contributed by atoms with van der Waals surface area (Å²) >= 11 is 5.33. The number of nitrogens with one attached hydrogen (secondary N) is 1. The van der Waals surface area contributed by atoms with Crippen molar-refractivity contribution in [3.8, 4) is 0 Å². The molecule has 3 nitrogen and oxygen atoms in total. The molecule has 2 heterocycles. The Labute approximate surface area is 113 Å². The van der Waals surface area contributed by atoms with Gasteiger partial charge in [-0.25, -0.2) is 0 Å². The summed E-state index contributed by atoms with van der Waals surface area (Å²) in [6.45, 7) is 3.02. The number of likely N-dealkylation sites (N-methyl/N-ethyl adjacent to an activating group) is 1. The van der Waals surface area contributed by atoms with Gasteiger partial charge in [0.25, 0.3) is 0 Å². The standard InChI is InChI=1S/C12H14BrN3S/c1-2-15-10(11-8-14-4-5-16-11)7-12-9(13)3-6-17-12/h3-6,8,10,15H,2,7H2,1H3. The van der Waals surface area contributed by atoms with Gasteiger partial charge in [-0.15, -0.1) is 11.3 Å². The van der Waals surface area contributed by atoms with Gasteiger partial charge in [0.15, 0.2) is 0 Å². The van der Waals surface area contributed by atoms with Crippen LogP contribution in [0, 0.1) is 0 Å². The molecule has 0 amide bonds. The van der Waals surface area contributed by atoms with Crippen LogP contribution in [0.4, 0.5) is 0 Å². The molecule has 0 saturated heterocycles. The van der Waals surface area contributed by atoms with Gasteiger partial charge in [-0.3, -0.25) is 9.97 Å². The van der Waals surface area contributed by atoms with E-state index in [9.17, 15) is 0 Å². The summed E-state index contributed by atoms with van der Waals surface area (Å²) in [5, 5.41) is 5.54. The molecule has 17 heavy (non-hydrogen) atoms. The lowest BCUT2D eigenvalue weighted by molar-refractivity contribution is 0.537. The Morgan fingerprint density at radius 3 is 2.94 bits per heavy atom. The Morgan fingerprint density at radius 1 is 1.47 bits per heavy atom. The van der Waals surface area contributed by atoms with Crippen LogP contribution in [0.15, 0.2) is 34.5 Å². The first-order valence-corrected chi connectivity index (χ1v) is 7.19. The highest BCUT2D eigenvalue weighted by Crippen LogP contribution is 2.27. The Kier molecular flexibility index (Phi) is 4.65. The predicted octanol–water partition coefficient (Wildman–Crippen LogP) is 3.19. The fourth-order valence-electron chi connectivity index (χ4n) is 1.67. The second-order valence-electron chi connectivity index (χ2n) is 3.64. The molecule has 2 aromatic heterocycles. The van der Waals surface area contributed by atoms with Crippen LogP contribution in [-0.2, 0) is 6.42 Å². The van der Waals surface area contributed by atoms with Crippen molar-refractivity contribution in [1.82, 2.24) is 15.3 Å². The van der Waals surface area contributed by atoms with Crippen molar-refractivity contribution >= 4 is 27.3 Å². The third-order valence-corrected chi connectivity index (χ3v) is 4.42. The highest BCUT2D eigenvalue weighted by Gasteiger charge is 2.14. The zero-order valence-corrected chi connectivity index (χ0v) is 12.0. The van der Waals surface area contributed by atoms with Crippen LogP contribution in [-0.4, -0.2) is 16.5 Å². The largest absolute Gasteiger partial charge is 0.309 e. The maximum absolute atomic E-state index is 4.37. The second kappa shape index (κ2) is 6.23.